The molecule has 0 spiro atoms. The van der Waals surface area contributed by atoms with E-state index >= 15 is 0 Å². The van der Waals surface area contributed by atoms with Gasteiger partial charge in [0.25, 0.3) is 0 Å². The average molecular weight is 438 g/mol. The Morgan fingerprint density at radius 1 is 1.04 bits per heavy atom. The molecule has 1 amide bonds. The Hall–Kier alpha value is -3.19. The van der Waals surface area contributed by atoms with E-state index in [1.165, 1.54) is 0 Å². The first kappa shape index (κ1) is 18.2. The van der Waals surface area contributed by atoms with Gasteiger partial charge in [-0.15, -0.1) is 0 Å². The van der Waals surface area contributed by atoms with Crippen molar-refractivity contribution < 1.29 is 14.0 Å². The molecule has 140 valence electrons. The summed E-state index contributed by atoms with van der Waals surface area (Å²) in [6.45, 7) is 0.271. The molecule has 0 saturated carbocycles. The summed E-state index contributed by atoms with van der Waals surface area (Å²) in [4.78, 5) is 30.0. The highest BCUT2D eigenvalue weighted by molar-refractivity contribution is 9.10. The van der Waals surface area contributed by atoms with Crippen LogP contribution < -0.4 is 5.32 Å². The second-order valence-electron chi connectivity index (χ2n) is 6.20. The molecule has 0 radical (unpaired) electrons. The predicted molar refractivity (Wildman–Crippen MR) is 108 cm³/mol. The van der Waals surface area contributed by atoms with Crippen LogP contribution in [0.3, 0.4) is 0 Å². The summed E-state index contributed by atoms with van der Waals surface area (Å²) in [6.07, 6.45) is 1.56. The van der Waals surface area contributed by atoms with Gasteiger partial charge in [-0.3, -0.25) is 9.59 Å². The molecule has 0 saturated heterocycles. The van der Waals surface area contributed by atoms with E-state index in [1.54, 1.807) is 47.2 Å². The number of hydrogen-bond acceptors (Lipinski definition) is 4. The number of halogens is 1. The molecule has 1 N–H and O–H groups in total. The lowest BCUT2D eigenvalue weighted by molar-refractivity contribution is -0.121. The van der Waals surface area contributed by atoms with Crippen LogP contribution in [0, 0.1) is 0 Å². The lowest BCUT2D eigenvalue weighted by Crippen LogP contribution is -2.28. The van der Waals surface area contributed by atoms with Crippen molar-refractivity contribution in [2.24, 2.45) is 0 Å². The minimum atomic E-state index is -0.234. The standard InChI is InChI=1S/C21H16BrN3O3/c22-15-9-7-14(8-10-15)20(27)21-24-17-5-1-2-6-18(17)25(21)13-19(26)23-12-16-4-3-11-28-16/h1-11H,12-13H2,(H,23,26). The number of benzene rings is 2. The maximum Gasteiger partial charge on any atom is 0.240 e. The molecule has 6 nitrogen and oxygen atoms in total. The summed E-state index contributed by atoms with van der Waals surface area (Å²) in [7, 11) is 0. The van der Waals surface area contributed by atoms with Crippen LogP contribution in [0.15, 0.2) is 75.8 Å². The van der Waals surface area contributed by atoms with Crippen molar-refractivity contribution >= 4 is 38.7 Å². The molecule has 4 rings (SSSR count). The van der Waals surface area contributed by atoms with Gasteiger partial charge >= 0.3 is 0 Å². The fraction of sp³-hybridized carbons (Fsp3) is 0.0952. The third-order valence-electron chi connectivity index (χ3n) is 4.31. The third-order valence-corrected chi connectivity index (χ3v) is 4.83. The summed E-state index contributed by atoms with van der Waals surface area (Å²) >= 11 is 3.37. The normalized spacial score (nSPS) is 10.9. The van der Waals surface area contributed by atoms with E-state index in [4.69, 9.17) is 4.42 Å². The number of ketones is 1. The van der Waals surface area contributed by atoms with Crippen LogP contribution in [0.4, 0.5) is 0 Å². The zero-order valence-corrected chi connectivity index (χ0v) is 16.3. The summed E-state index contributed by atoms with van der Waals surface area (Å²) < 4.78 is 7.76. The Bertz CT molecular complexity index is 1130. The molecule has 0 aliphatic carbocycles. The monoisotopic (exact) mass is 437 g/mol. The molecule has 4 aromatic rings. The van der Waals surface area contributed by atoms with Crippen LogP contribution in [-0.2, 0) is 17.9 Å². The number of imidazole rings is 1. The van der Waals surface area contributed by atoms with E-state index < -0.39 is 0 Å². The number of furan rings is 1. The highest BCUT2D eigenvalue weighted by Crippen LogP contribution is 2.20. The van der Waals surface area contributed by atoms with Gasteiger partial charge in [0.05, 0.1) is 23.8 Å². The third kappa shape index (κ3) is 3.75. The lowest BCUT2D eigenvalue weighted by atomic mass is 10.1. The Labute approximate surface area is 169 Å². The maximum atomic E-state index is 13.0. The molecule has 0 fully saturated rings. The smallest absolute Gasteiger partial charge is 0.240 e. The first-order valence-corrected chi connectivity index (χ1v) is 9.46. The van der Waals surface area contributed by atoms with Crippen LogP contribution in [0.2, 0.25) is 0 Å². The number of hydrogen-bond donors (Lipinski definition) is 1. The number of fused-ring (bicyclic) bond motifs is 1. The van der Waals surface area contributed by atoms with E-state index in [2.05, 4.69) is 26.2 Å². The first-order chi connectivity index (χ1) is 13.6. The van der Waals surface area contributed by atoms with Crippen LogP contribution in [0.1, 0.15) is 21.9 Å². The van der Waals surface area contributed by atoms with Gasteiger partial charge in [0, 0.05) is 10.0 Å². The molecule has 0 bridgehead atoms. The van der Waals surface area contributed by atoms with E-state index in [-0.39, 0.29) is 30.6 Å². The molecular formula is C21H16BrN3O3. The van der Waals surface area contributed by atoms with Gasteiger partial charge in [-0.25, -0.2) is 4.98 Å². The zero-order valence-electron chi connectivity index (χ0n) is 14.8. The minimum Gasteiger partial charge on any atom is -0.467 e. The second-order valence-corrected chi connectivity index (χ2v) is 7.12. The SMILES string of the molecule is O=C(Cn1c(C(=O)c2ccc(Br)cc2)nc2ccccc21)NCc1ccco1. The first-order valence-electron chi connectivity index (χ1n) is 8.66. The molecule has 2 aromatic carbocycles. The van der Waals surface area contributed by atoms with E-state index in [0.29, 0.717) is 16.8 Å². The van der Waals surface area contributed by atoms with E-state index in [1.807, 2.05) is 24.3 Å². The van der Waals surface area contributed by atoms with Gasteiger partial charge in [0.2, 0.25) is 11.7 Å². The van der Waals surface area contributed by atoms with Crippen LogP contribution in [0.25, 0.3) is 11.0 Å². The molecule has 0 unspecified atom stereocenters. The highest BCUT2D eigenvalue weighted by Gasteiger charge is 2.20. The van der Waals surface area contributed by atoms with E-state index in [9.17, 15) is 9.59 Å². The molecule has 2 aromatic heterocycles. The summed E-state index contributed by atoms with van der Waals surface area (Å²) in [5, 5.41) is 2.80. The van der Waals surface area contributed by atoms with Crippen molar-refractivity contribution in [3.05, 3.63) is 88.5 Å². The van der Waals surface area contributed by atoms with Gasteiger partial charge in [-0.1, -0.05) is 28.1 Å². The zero-order chi connectivity index (χ0) is 19.5. The van der Waals surface area contributed by atoms with Crippen LogP contribution in [0.5, 0.6) is 0 Å². The Morgan fingerprint density at radius 3 is 2.57 bits per heavy atom. The fourth-order valence-corrected chi connectivity index (χ4v) is 3.20. The minimum absolute atomic E-state index is 0.0151. The molecule has 28 heavy (non-hydrogen) atoms. The molecule has 7 heteroatoms. The topological polar surface area (TPSA) is 77.1 Å². The van der Waals surface area contributed by atoms with Crippen molar-refractivity contribution in [1.82, 2.24) is 14.9 Å². The molecule has 0 aliphatic rings. The largest absolute Gasteiger partial charge is 0.467 e. The highest BCUT2D eigenvalue weighted by atomic mass is 79.9. The summed E-state index contributed by atoms with van der Waals surface area (Å²) in [6, 6.07) is 18.0. The van der Waals surface area contributed by atoms with Crippen molar-refractivity contribution in [1.29, 1.82) is 0 Å². The Kier molecular flexibility index (Phi) is 5.08. The summed E-state index contributed by atoms with van der Waals surface area (Å²) in [5.41, 5.74) is 1.91. The molecular weight excluding hydrogens is 422 g/mol. The van der Waals surface area contributed by atoms with Crippen molar-refractivity contribution in [2.75, 3.05) is 0 Å². The van der Waals surface area contributed by atoms with Gasteiger partial charge in [0.15, 0.2) is 5.82 Å². The summed E-state index contributed by atoms with van der Waals surface area (Å²) in [5.74, 6) is 0.429. The number of nitrogens with zero attached hydrogens (tertiary/aromatic N) is 2. The Morgan fingerprint density at radius 2 is 1.82 bits per heavy atom. The van der Waals surface area contributed by atoms with Crippen LogP contribution in [-0.4, -0.2) is 21.2 Å². The number of carbonyl (C=O) groups excluding carboxylic acids is 2. The van der Waals surface area contributed by atoms with Crippen molar-refractivity contribution in [3.63, 3.8) is 0 Å². The molecule has 0 atom stereocenters. The van der Waals surface area contributed by atoms with Crippen molar-refractivity contribution in [2.45, 2.75) is 13.1 Å². The maximum absolute atomic E-state index is 13.0. The molecule has 2 heterocycles. The quantitative estimate of drug-likeness (QED) is 0.463. The fourth-order valence-electron chi connectivity index (χ4n) is 2.94. The number of rotatable bonds is 6. The van der Waals surface area contributed by atoms with Crippen molar-refractivity contribution in [3.8, 4) is 0 Å². The second kappa shape index (κ2) is 7.82. The predicted octanol–water partition coefficient (Wildman–Crippen LogP) is 3.94. The average Bonchev–Trinajstić information content (AvgIpc) is 3.35. The van der Waals surface area contributed by atoms with E-state index in [0.717, 1.165) is 9.99 Å². The lowest BCUT2D eigenvalue weighted by Gasteiger charge is -2.09. The number of aromatic nitrogens is 2. The van der Waals surface area contributed by atoms with Gasteiger partial charge in [-0.2, -0.15) is 0 Å². The molecule has 0 aliphatic heterocycles. The van der Waals surface area contributed by atoms with Crippen LogP contribution >= 0.6 is 15.9 Å². The Balaban J connectivity index is 1.64. The van der Waals surface area contributed by atoms with Gasteiger partial charge < -0.3 is 14.3 Å². The van der Waals surface area contributed by atoms with Gasteiger partial charge in [0.1, 0.15) is 12.3 Å². The number of amides is 1. The number of nitrogens with one attached hydrogen (secondary N) is 1. The van der Waals surface area contributed by atoms with Gasteiger partial charge in [-0.05, 0) is 48.5 Å². The number of carbonyl (C=O) groups is 2. The number of para-hydroxylation sites is 2.